The van der Waals surface area contributed by atoms with Gasteiger partial charge in [-0.25, -0.2) is 4.98 Å². The minimum absolute atomic E-state index is 0.0413. The van der Waals surface area contributed by atoms with Gasteiger partial charge in [-0.2, -0.15) is 0 Å². The molecule has 0 radical (unpaired) electrons. The van der Waals surface area contributed by atoms with E-state index in [9.17, 15) is 0 Å². The number of hydrogen-bond donors (Lipinski definition) is 0. The molecule has 1 heterocycles. The van der Waals surface area contributed by atoms with Crippen LogP contribution in [0.15, 0.2) is 231 Å². The Hall–Kier alpha value is -8.07. The van der Waals surface area contributed by atoms with Crippen molar-refractivity contribution in [2.24, 2.45) is 0 Å². The van der Waals surface area contributed by atoms with Crippen LogP contribution in [0.3, 0.4) is 0 Å². The predicted molar refractivity (Wildman–Crippen MR) is 296 cm³/mol. The second kappa shape index (κ2) is 17.5. The summed E-state index contributed by atoms with van der Waals surface area (Å²) in [7, 11) is 0. The third-order valence-electron chi connectivity index (χ3n) is 13.7. The van der Waals surface area contributed by atoms with Crippen LogP contribution in [-0.2, 0) is 10.8 Å². The fourth-order valence-electron chi connectivity index (χ4n) is 10.1. The van der Waals surface area contributed by atoms with Crippen molar-refractivity contribution >= 4 is 49.5 Å². The van der Waals surface area contributed by atoms with E-state index in [0.29, 0.717) is 0 Å². The van der Waals surface area contributed by atoms with Crippen LogP contribution in [0.5, 0.6) is 0 Å². The number of pyridine rings is 1. The van der Waals surface area contributed by atoms with Gasteiger partial charge in [-0.05, 0) is 137 Å². The van der Waals surface area contributed by atoms with Gasteiger partial charge in [0.25, 0.3) is 0 Å². The van der Waals surface area contributed by atoms with E-state index in [1.54, 1.807) is 0 Å². The SMILES string of the molecule is CC(C)(C)c1cc(-c2cc(-c3ccc(N(c4ccccc4)c4ccccc4)cc3)c3cccc(-c4ccc(-c5c6ccccc6c(-c6ccccc6)c6ccccc56)cc4)c3n2)cc(C(C)(C)C)c1. The Morgan fingerprint density at radius 3 is 1.19 bits per heavy atom. The molecule has 0 spiro atoms. The predicted octanol–water partition coefficient (Wildman–Crippen LogP) is 18.9. The maximum Gasteiger partial charge on any atom is 0.0794 e. The Morgan fingerprint density at radius 2 is 0.696 bits per heavy atom. The highest BCUT2D eigenvalue weighted by Crippen LogP contribution is 2.45. The summed E-state index contributed by atoms with van der Waals surface area (Å²) >= 11 is 0. The Kier molecular flexibility index (Phi) is 11.1. The summed E-state index contributed by atoms with van der Waals surface area (Å²) in [6.07, 6.45) is 0. The lowest BCUT2D eigenvalue weighted by Gasteiger charge is -2.26. The zero-order valence-corrected chi connectivity index (χ0v) is 40.3. The van der Waals surface area contributed by atoms with Gasteiger partial charge < -0.3 is 4.90 Å². The minimum atomic E-state index is -0.0413. The van der Waals surface area contributed by atoms with Crippen molar-refractivity contribution < 1.29 is 0 Å². The smallest absolute Gasteiger partial charge is 0.0794 e. The monoisotopic (exact) mass is 888 g/mol. The van der Waals surface area contributed by atoms with Gasteiger partial charge in [-0.1, -0.05) is 217 Å². The van der Waals surface area contributed by atoms with Crippen LogP contribution in [0.2, 0.25) is 0 Å². The molecule has 0 N–H and O–H groups in total. The third-order valence-corrected chi connectivity index (χ3v) is 13.7. The molecule has 0 aliphatic carbocycles. The van der Waals surface area contributed by atoms with Crippen molar-refractivity contribution in [3.05, 3.63) is 242 Å². The topological polar surface area (TPSA) is 16.1 Å². The highest BCUT2D eigenvalue weighted by atomic mass is 15.1. The Balaban J connectivity index is 1.09. The molecule has 0 amide bonds. The standard InChI is InChI=1S/C67H56N2/c1-66(2,3)50-41-49(42-51(43-50)67(4,5)6)62-44-61(46-37-39-54(40-38-46)69(52-23-12-8-13-24-52)53-25-14-9-15-26-53)60-32-20-31-55(65(60)68-62)45-33-35-48(36-34-45)64-58-29-18-16-27-56(58)63(47-21-10-7-11-22-47)57-28-17-19-30-59(57)64/h7-44H,1-6H3. The quantitative estimate of drug-likeness (QED) is 0.141. The second-order valence-corrected chi connectivity index (χ2v) is 20.4. The summed E-state index contributed by atoms with van der Waals surface area (Å²) in [5.74, 6) is 0. The Morgan fingerprint density at radius 1 is 0.304 bits per heavy atom. The number of benzene rings is 10. The molecule has 10 aromatic carbocycles. The Bertz CT molecular complexity index is 3510. The minimum Gasteiger partial charge on any atom is -0.311 e. The van der Waals surface area contributed by atoms with Gasteiger partial charge in [0.1, 0.15) is 0 Å². The van der Waals surface area contributed by atoms with Gasteiger partial charge in [-0.3, -0.25) is 0 Å². The summed E-state index contributed by atoms with van der Waals surface area (Å²) in [5.41, 5.74) is 18.4. The summed E-state index contributed by atoms with van der Waals surface area (Å²) < 4.78 is 0. The van der Waals surface area contributed by atoms with Crippen LogP contribution < -0.4 is 4.90 Å². The van der Waals surface area contributed by atoms with E-state index in [0.717, 1.165) is 61.5 Å². The van der Waals surface area contributed by atoms with Gasteiger partial charge in [0.15, 0.2) is 0 Å². The largest absolute Gasteiger partial charge is 0.311 e. The van der Waals surface area contributed by atoms with Crippen molar-refractivity contribution in [2.45, 2.75) is 52.4 Å². The number of fused-ring (bicyclic) bond motifs is 3. The normalized spacial score (nSPS) is 11.9. The van der Waals surface area contributed by atoms with Crippen LogP contribution in [0.4, 0.5) is 17.1 Å². The first kappa shape index (κ1) is 43.5. The average Bonchev–Trinajstić information content (AvgIpc) is 3.38. The summed E-state index contributed by atoms with van der Waals surface area (Å²) in [6, 6.07) is 84.1. The van der Waals surface area contributed by atoms with Crippen LogP contribution >= 0.6 is 0 Å². The highest BCUT2D eigenvalue weighted by molar-refractivity contribution is 6.21. The zero-order chi connectivity index (χ0) is 47.3. The van der Waals surface area contributed by atoms with E-state index in [2.05, 4.69) is 277 Å². The molecule has 0 aliphatic heterocycles. The fourth-order valence-corrected chi connectivity index (χ4v) is 10.1. The van der Waals surface area contributed by atoms with Crippen molar-refractivity contribution in [2.75, 3.05) is 4.90 Å². The maximum atomic E-state index is 5.67. The number of aromatic nitrogens is 1. The van der Waals surface area contributed by atoms with Crippen molar-refractivity contribution in [3.8, 4) is 55.8 Å². The third kappa shape index (κ3) is 8.27. The first-order valence-electron chi connectivity index (χ1n) is 24.2. The maximum absolute atomic E-state index is 5.67. The zero-order valence-electron chi connectivity index (χ0n) is 40.3. The molecule has 2 heteroatoms. The second-order valence-electron chi connectivity index (χ2n) is 20.4. The van der Waals surface area contributed by atoms with Crippen LogP contribution in [0, 0.1) is 0 Å². The molecule has 11 rings (SSSR count). The molecule has 334 valence electrons. The number of anilines is 3. The van der Waals surface area contributed by atoms with Crippen LogP contribution in [-0.4, -0.2) is 4.98 Å². The number of nitrogens with zero attached hydrogens (tertiary/aromatic N) is 2. The van der Waals surface area contributed by atoms with E-state index in [1.807, 2.05) is 0 Å². The summed E-state index contributed by atoms with van der Waals surface area (Å²) in [6.45, 7) is 13.8. The fraction of sp³-hybridized carbons (Fsp3) is 0.119. The van der Waals surface area contributed by atoms with Crippen molar-refractivity contribution in [1.82, 2.24) is 4.98 Å². The Labute approximate surface area is 407 Å². The average molecular weight is 889 g/mol. The molecule has 11 aromatic rings. The summed E-state index contributed by atoms with van der Waals surface area (Å²) in [5, 5.41) is 6.12. The molecule has 2 nitrogen and oxygen atoms in total. The van der Waals surface area contributed by atoms with Crippen LogP contribution in [0.1, 0.15) is 52.7 Å². The lowest BCUT2D eigenvalue weighted by molar-refractivity contribution is 0.569. The lowest BCUT2D eigenvalue weighted by Crippen LogP contribution is -2.16. The van der Waals surface area contributed by atoms with Gasteiger partial charge in [-0.15, -0.1) is 0 Å². The molecule has 69 heavy (non-hydrogen) atoms. The molecule has 0 bridgehead atoms. The molecule has 0 aliphatic rings. The highest BCUT2D eigenvalue weighted by Gasteiger charge is 2.23. The lowest BCUT2D eigenvalue weighted by atomic mass is 9.79. The van der Waals surface area contributed by atoms with Gasteiger partial charge in [0, 0.05) is 33.6 Å². The number of hydrogen-bond acceptors (Lipinski definition) is 2. The first-order chi connectivity index (χ1) is 33.5. The van der Waals surface area contributed by atoms with E-state index in [1.165, 1.54) is 54.9 Å². The molecular weight excluding hydrogens is 833 g/mol. The molecule has 0 saturated carbocycles. The molecule has 0 saturated heterocycles. The van der Waals surface area contributed by atoms with Crippen LogP contribution in [0.25, 0.3) is 88.2 Å². The molecule has 0 unspecified atom stereocenters. The van der Waals surface area contributed by atoms with Gasteiger partial charge >= 0.3 is 0 Å². The molecule has 0 fully saturated rings. The van der Waals surface area contributed by atoms with E-state index < -0.39 is 0 Å². The van der Waals surface area contributed by atoms with Crippen molar-refractivity contribution in [3.63, 3.8) is 0 Å². The molecule has 1 aromatic heterocycles. The van der Waals surface area contributed by atoms with E-state index >= 15 is 0 Å². The summed E-state index contributed by atoms with van der Waals surface area (Å²) in [4.78, 5) is 7.99. The number of para-hydroxylation sites is 3. The van der Waals surface area contributed by atoms with Gasteiger partial charge in [0.2, 0.25) is 0 Å². The van der Waals surface area contributed by atoms with E-state index in [4.69, 9.17) is 4.98 Å². The molecule has 0 atom stereocenters. The van der Waals surface area contributed by atoms with E-state index in [-0.39, 0.29) is 10.8 Å². The van der Waals surface area contributed by atoms with Crippen molar-refractivity contribution in [1.29, 1.82) is 0 Å². The molecular formula is C67H56N2. The first-order valence-corrected chi connectivity index (χ1v) is 24.2. The van der Waals surface area contributed by atoms with Gasteiger partial charge in [0.05, 0.1) is 11.2 Å². The number of rotatable bonds is 8.